The van der Waals surface area contributed by atoms with Crippen LogP contribution in [-0.2, 0) is 4.79 Å². The minimum absolute atomic E-state index is 0.201. The van der Waals surface area contributed by atoms with Crippen LogP contribution in [0, 0.1) is 5.92 Å². The maximum Gasteiger partial charge on any atom is 0.146 e. The van der Waals surface area contributed by atoms with Crippen molar-refractivity contribution in [3.8, 4) is 0 Å². The number of ketones is 1. The van der Waals surface area contributed by atoms with Gasteiger partial charge in [0.1, 0.15) is 5.78 Å². The van der Waals surface area contributed by atoms with Gasteiger partial charge in [0.25, 0.3) is 0 Å². The summed E-state index contributed by atoms with van der Waals surface area (Å²) in [6, 6.07) is 18.0. The predicted octanol–water partition coefficient (Wildman–Crippen LogP) is 4.80. The van der Waals surface area contributed by atoms with Crippen molar-refractivity contribution in [2.75, 3.05) is 5.75 Å². The van der Waals surface area contributed by atoms with Gasteiger partial charge in [0.2, 0.25) is 0 Å². The summed E-state index contributed by atoms with van der Waals surface area (Å²) in [5.41, 5.74) is 1.29. The third-order valence-corrected chi connectivity index (χ3v) is 5.18. The Kier molecular flexibility index (Phi) is 4.13. The highest BCUT2D eigenvalue weighted by Crippen LogP contribution is 2.48. The summed E-state index contributed by atoms with van der Waals surface area (Å²) < 4.78 is 0. The number of carbonyl (C=O) groups is 1. The van der Waals surface area contributed by atoms with Gasteiger partial charge in [-0.25, -0.2) is 0 Å². The van der Waals surface area contributed by atoms with Crippen LogP contribution in [0.25, 0.3) is 0 Å². The second kappa shape index (κ2) is 6.02. The lowest BCUT2D eigenvalue weighted by Crippen LogP contribution is -2.05. The van der Waals surface area contributed by atoms with E-state index in [-0.39, 0.29) is 5.92 Å². The first-order chi connectivity index (χ1) is 9.75. The molecule has 20 heavy (non-hydrogen) atoms. The fraction of sp³-hybridized carbons (Fsp3) is 0.235. The lowest BCUT2D eigenvalue weighted by Gasteiger charge is -2.03. The molecule has 1 aliphatic rings. The largest absolute Gasteiger partial charge is 0.298 e. The number of hydrogen-bond donors (Lipinski definition) is 0. The van der Waals surface area contributed by atoms with E-state index in [1.54, 1.807) is 0 Å². The molecular formula is C17H15ClOS. The fourth-order valence-electron chi connectivity index (χ4n) is 2.44. The van der Waals surface area contributed by atoms with Gasteiger partial charge < -0.3 is 0 Å². The molecule has 102 valence electrons. The highest BCUT2D eigenvalue weighted by molar-refractivity contribution is 8.00. The summed E-state index contributed by atoms with van der Waals surface area (Å²) >= 11 is 7.63. The average Bonchev–Trinajstić information content (AvgIpc) is 3.28. The number of hydrogen-bond acceptors (Lipinski definition) is 2. The molecule has 0 aromatic heterocycles. The van der Waals surface area contributed by atoms with Gasteiger partial charge in [-0.05, 0) is 30.0 Å². The monoisotopic (exact) mass is 302 g/mol. The summed E-state index contributed by atoms with van der Waals surface area (Å²) in [4.78, 5) is 13.2. The van der Waals surface area contributed by atoms with E-state index < -0.39 is 0 Å². The molecule has 0 aliphatic heterocycles. The predicted molar refractivity (Wildman–Crippen MR) is 84.5 cm³/mol. The molecule has 0 heterocycles. The van der Waals surface area contributed by atoms with Crippen molar-refractivity contribution in [2.24, 2.45) is 5.92 Å². The quantitative estimate of drug-likeness (QED) is 0.738. The van der Waals surface area contributed by atoms with E-state index in [9.17, 15) is 4.79 Å². The van der Waals surface area contributed by atoms with Crippen LogP contribution >= 0.6 is 23.4 Å². The van der Waals surface area contributed by atoms with Gasteiger partial charge in [0.15, 0.2) is 0 Å². The molecule has 0 amide bonds. The molecule has 3 rings (SSSR count). The van der Waals surface area contributed by atoms with Crippen molar-refractivity contribution in [3.63, 3.8) is 0 Å². The maximum absolute atomic E-state index is 12.2. The topological polar surface area (TPSA) is 17.1 Å². The molecule has 0 bridgehead atoms. The molecule has 2 atom stereocenters. The highest BCUT2D eigenvalue weighted by Gasteiger charge is 2.43. The zero-order valence-electron chi connectivity index (χ0n) is 11.0. The molecule has 2 aromatic carbocycles. The summed E-state index contributed by atoms with van der Waals surface area (Å²) in [6.45, 7) is 0. The van der Waals surface area contributed by atoms with Gasteiger partial charge in [0.05, 0.1) is 10.8 Å². The fourth-order valence-corrected chi connectivity index (χ4v) is 3.63. The van der Waals surface area contributed by atoms with E-state index in [0.29, 0.717) is 17.5 Å². The maximum atomic E-state index is 12.2. The third kappa shape index (κ3) is 3.08. The Morgan fingerprint density at radius 2 is 1.80 bits per heavy atom. The summed E-state index contributed by atoms with van der Waals surface area (Å²) in [6.07, 6.45) is 0.992. The molecule has 1 nitrogen and oxygen atoms in total. The van der Waals surface area contributed by atoms with Crippen LogP contribution in [0.3, 0.4) is 0 Å². The van der Waals surface area contributed by atoms with Crippen LogP contribution < -0.4 is 0 Å². The molecule has 1 aliphatic carbocycles. The number of carbonyl (C=O) groups excluding carboxylic acids is 1. The first kappa shape index (κ1) is 13.7. The van der Waals surface area contributed by atoms with Gasteiger partial charge in [-0.3, -0.25) is 4.79 Å². The van der Waals surface area contributed by atoms with Crippen LogP contribution in [-0.4, -0.2) is 11.5 Å². The number of rotatable bonds is 5. The lowest BCUT2D eigenvalue weighted by molar-refractivity contribution is -0.117. The summed E-state index contributed by atoms with van der Waals surface area (Å²) in [5, 5.41) is 0.723. The van der Waals surface area contributed by atoms with Crippen LogP contribution in [0.5, 0.6) is 0 Å². The van der Waals surface area contributed by atoms with Crippen molar-refractivity contribution in [1.82, 2.24) is 0 Å². The van der Waals surface area contributed by atoms with Crippen LogP contribution in [0.1, 0.15) is 17.9 Å². The minimum atomic E-state index is 0.201. The molecule has 0 saturated heterocycles. The summed E-state index contributed by atoms with van der Waals surface area (Å²) in [5.74, 6) is 1.48. The summed E-state index contributed by atoms with van der Waals surface area (Å²) in [7, 11) is 0. The average molecular weight is 303 g/mol. The van der Waals surface area contributed by atoms with Crippen molar-refractivity contribution < 1.29 is 4.79 Å². The number of thioether (sulfide) groups is 1. The Labute approximate surface area is 128 Å². The van der Waals surface area contributed by atoms with Gasteiger partial charge in [0, 0.05) is 10.8 Å². The van der Waals surface area contributed by atoms with E-state index in [1.807, 2.05) is 42.5 Å². The van der Waals surface area contributed by atoms with Crippen LogP contribution in [0.4, 0.5) is 0 Å². The van der Waals surface area contributed by atoms with Crippen LogP contribution in [0.2, 0.25) is 5.02 Å². The lowest BCUT2D eigenvalue weighted by atomic mass is 10.1. The second-order valence-corrected chi connectivity index (χ2v) is 6.47. The molecule has 2 unspecified atom stereocenters. The molecule has 3 heteroatoms. The van der Waals surface area contributed by atoms with Gasteiger partial charge >= 0.3 is 0 Å². The third-order valence-electron chi connectivity index (χ3n) is 3.64. The van der Waals surface area contributed by atoms with Gasteiger partial charge in [-0.2, -0.15) is 0 Å². The zero-order chi connectivity index (χ0) is 13.9. The Morgan fingerprint density at radius 1 is 1.10 bits per heavy atom. The zero-order valence-corrected chi connectivity index (χ0v) is 12.5. The standard InChI is InChI=1S/C17H15ClOS/c18-15-8-4-5-9-17(15)20-11-16(19)14-10-13(14)12-6-2-1-3-7-12/h1-9,13-14H,10-11H2. The Balaban J connectivity index is 1.56. The van der Waals surface area contributed by atoms with Crippen molar-refractivity contribution in [3.05, 3.63) is 65.2 Å². The first-order valence-corrected chi connectivity index (χ1v) is 8.07. The molecule has 1 saturated carbocycles. The van der Waals surface area contributed by atoms with E-state index in [0.717, 1.165) is 16.3 Å². The molecule has 0 N–H and O–H groups in total. The number of halogens is 1. The minimum Gasteiger partial charge on any atom is -0.298 e. The molecular weight excluding hydrogens is 288 g/mol. The van der Waals surface area contributed by atoms with E-state index in [2.05, 4.69) is 12.1 Å². The number of Topliss-reactive ketones (excluding diaryl/α,β-unsaturated/α-hetero) is 1. The van der Waals surface area contributed by atoms with Crippen molar-refractivity contribution in [2.45, 2.75) is 17.2 Å². The molecule has 0 radical (unpaired) electrons. The Hall–Kier alpha value is -1.25. The van der Waals surface area contributed by atoms with Gasteiger partial charge in [-0.1, -0.05) is 54.1 Å². The van der Waals surface area contributed by atoms with Crippen LogP contribution in [0.15, 0.2) is 59.5 Å². The van der Waals surface area contributed by atoms with Crippen molar-refractivity contribution in [1.29, 1.82) is 0 Å². The molecule has 2 aromatic rings. The number of benzene rings is 2. The smallest absolute Gasteiger partial charge is 0.146 e. The van der Waals surface area contributed by atoms with E-state index in [1.165, 1.54) is 17.3 Å². The van der Waals surface area contributed by atoms with Gasteiger partial charge in [-0.15, -0.1) is 11.8 Å². The Bertz CT molecular complexity index is 611. The first-order valence-electron chi connectivity index (χ1n) is 6.70. The molecule has 0 spiro atoms. The normalized spacial score (nSPS) is 20.6. The second-order valence-electron chi connectivity index (χ2n) is 5.04. The van der Waals surface area contributed by atoms with E-state index >= 15 is 0 Å². The van der Waals surface area contributed by atoms with Crippen molar-refractivity contribution >= 4 is 29.1 Å². The van der Waals surface area contributed by atoms with E-state index in [4.69, 9.17) is 11.6 Å². The Morgan fingerprint density at radius 3 is 2.55 bits per heavy atom. The molecule has 1 fully saturated rings. The SMILES string of the molecule is O=C(CSc1ccccc1Cl)C1CC1c1ccccc1. The highest BCUT2D eigenvalue weighted by atomic mass is 35.5.